The number of aryl methyl sites for hydroxylation is 2. The maximum absolute atomic E-state index is 13.9. The van der Waals surface area contributed by atoms with Crippen LogP contribution in [0.4, 0.5) is 4.39 Å². The van der Waals surface area contributed by atoms with Crippen LogP contribution in [0.25, 0.3) is 5.76 Å². The number of nitrogens with one attached hydrogen (secondary N) is 1. The van der Waals surface area contributed by atoms with Crippen molar-refractivity contribution in [1.82, 2.24) is 20.0 Å². The van der Waals surface area contributed by atoms with Gasteiger partial charge in [-0.15, -0.1) is 0 Å². The second kappa shape index (κ2) is 8.16. The molecule has 1 saturated heterocycles. The van der Waals surface area contributed by atoms with Crippen LogP contribution in [0.15, 0.2) is 29.8 Å². The van der Waals surface area contributed by atoms with Gasteiger partial charge in [0.15, 0.2) is 0 Å². The molecule has 8 heteroatoms. The zero-order valence-electron chi connectivity index (χ0n) is 17.0. The average Bonchev–Trinajstić information content (AvgIpc) is 3.12. The summed E-state index contributed by atoms with van der Waals surface area (Å²) in [5, 5.41) is 17.8. The topological polar surface area (TPSA) is 89.5 Å². The summed E-state index contributed by atoms with van der Waals surface area (Å²) < 4.78 is 13.9. The van der Waals surface area contributed by atoms with Gasteiger partial charge in [-0.25, -0.2) is 4.39 Å². The molecule has 3 rings (SSSR count). The summed E-state index contributed by atoms with van der Waals surface area (Å²) in [4.78, 5) is 29.1. The lowest BCUT2D eigenvalue weighted by Crippen LogP contribution is -2.32. The summed E-state index contributed by atoms with van der Waals surface area (Å²) in [5.41, 5.74) is 1.87. The van der Waals surface area contributed by atoms with E-state index in [4.69, 9.17) is 0 Å². The van der Waals surface area contributed by atoms with Crippen molar-refractivity contribution >= 4 is 17.4 Å². The Morgan fingerprint density at radius 1 is 1.31 bits per heavy atom. The first-order valence-electron chi connectivity index (χ1n) is 9.43. The van der Waals surface area contributed by atoms with Crippen molar-refractivity contribution < 1.29 is 19.1 Å². The number of aliphatic hydroxyl groups excluding tert-OH is 1. The van der Waals surface area contributed by atoms with Gasteiger partial charge in [-0.2, -0.15) is 5.10 Å². The highest BCUT2D eigenvalue weighted by molar-refractivity contribution is 6.46. The molecule has 0 aliphatic carbocycles. The number of likely N-dealkylation sites (tertiary alicyclic amines) is 1. The van der Waals surface area contributed by atoms with Gasteiger partial charge in [0.25, 0.3) is 11.7 Å². The second-order valence-electron chi connectivity index (χ2n) is 7.51. The van der Waals surface area contributed by atoms with E-state index in [-0.39, 0.29) is 11.3 Å². The molecule has 2 heterocycles. The Balaban J connectivity index is 2.13. The number of H-pyrrole nitrogens is 1. The molecule has 2 N–H and O–H groups in total. The molecule has 1 amide bonds. The number of halogens is 1. The highest BCUT2D eigenvalue weighted by Gasteiger charge is 2.46. The van der Waals surface area contributed by atoms with Crippen molar-refractivity contribution in [2.75, 3.05) is 27.2 Å². The fourth-order valence-electron chi connectivity index (χ4n) is 3.73. The van der Waals surface area contributed by atoms with E-state index in [1.54, 1.807) is 19.9 Å². The molecule has 0 spiro atoms. The lowest BCUT2D eigenvalue weighted by molar-refractivity contribution is -0.139. The van der Waals surface area contributed by atoms with E-state index in [9.17, 15) is 19.1 Å². The number of hydrogen-bond donors (Lipinski definition) is 2. The van der Waals surface area contributed by atoms with Crippen LogP contribution < -0.4 is 0 Å². The Morgan fingerprint density at radius 2 is 2.03 bits per heavy atom. The Morgan fingerprint density at radius 3 is 2.62 bits per heavy atom. The van der Waals surface area contributed by atoms with Gasteiger partial charge in [0.1, 0.15) is 11.6 Å². The predicted molar refractivity (Wildman–Crippen MR) is 107 cm³/mol. The normalized spacial score (nSPS) is 18.8. The fourth-order valence-corrected chi connectivity index (χ4v) is 3.73. The number of amides is 1. The molecule has 0 unspecified atom stereocenters. The molecule has 2 aromatic rings. The largest absolute Gasteiger partial charge is 0.507 e. The number of aromatic amines is 1. The van der Waals surface area contributed by atoms with Crippen LogP contribution in [0, 0.1) is 19.7 Å². The maximum Gasteiger partial charge on any atom is 0.295 e. The van der Waals surface area contributed by atoms with Crippen LogP contribution in [0.5, 0.6) is 0 Å². The van der Waals surface area contributed by atoms with Gasteiger partial charge in [0.2, 0.25) is 0 Å². The standard InChI is InChI=1S/C21H25FN4O3/c1-12-16(13(2)24-23-12)19(27)17-18(14-7-5-8-15(22)11-14)26(21(29)20(17)28)10-6-9-25(3)4/h5,7-8,11,18,27H,6,9-10H2,1-4H3,(H,23,24)/t18-/m1/s1. The molecule has 1 atom stereocenters. The first kappa shape index (κ1) is 20.7. The van der Waals surface area contributed by atoms with Crippen molar-refractivity contribution in [1.29, 1.82) is 0 Å². The van der Waals surface area contributed by atoms with E-state index in [0.717, 1.165) is 6.54 Å². The number of ketones is 1. The van der Waals surface area contributed by atoms with E-state index < -0.39 is 23.5 Å². The molecule has 1 aromatic heterocycles. The van der Waals surface area contributed by atoms with E-state index in [0.29, 0.717) is 35.5 Å². The number of benzene rings is 1. The van der Waals surface area contributed by atoms with E-state index in [2.05, 4.69) is 10.2 Å². The molecule has 1 aliphatic heterocycles. The molecule has 1 fully saturated rings. The SMILES string of the molecule is Cc1n[nH]c(C)c1C(O)=C1C(=O)C(=O)N(CCCN(C)C)[C@@H]1c1cccc(F)c1. The van der Waals surface area contributed by atoms with Crippen molar-refractivity contribution in [2.45, 2.75) is 26.3 Å². The number of hydrogen-bond acceptors (Lipinski definition) is 5. The van der Waals surface area contributed by atoms with E-state index >= 15 is 0 Å². The van der Waals surface area contributed by atoms with E-state index in [1.807, 2.05) is 19.0 Å². The molecule has 1 aliphatic rings. The van der Waals surface area contributed by atoms with Crippen molar-refractivity contribution in [3.8, 4) is 0 Å². The minimum Gasteiger partial charge on any atom is -0.507 e. The number of carbonyl (C=O) groups excluding carboxylic acids is 2. The first-order valence-corrected chi connectivity index (χ1v) is 9.43. The van der Waals surface area contributed by atoms with Gasteiger partial charge in [-0.3, -0.25) is 14.7 Å². The van der Waals surface area contributed by atoms with Gasteiger partial charge < -0.3 is 14.9 Å². The highest BCUT2D eigenvalue weighted by Crippen LogP contribution is 2.40. The molecule has 0 saturated carbocycles. The Hall–Kier alpha value is -3.00. The smallest absolute Gasteiger partial charge is 0.295 e. The number of carbonyl (C=O) groups is 2. The van der Waals surface area contributed by atoms with Crippen LogP contribution in [0.1, 0.15) is 35.0 Å². The summed E-state index contributed by atoms with van der Waals surface area (Å²) in [6.07, 6.45) is 0.635. The van der Waals surface area contributed by atoms with Crippen LogP contribution in [0.2, 0.25) is 0 Å². The Bertz CT molecular complexity index is 961. The summed E-state index contributed by atoms with van der Waals surface area (Å²) in [5.74, 6) is -2.24. The minimum atomic E-state index is -0.860. The zero-order valence-corrected chi connectivity index (χ0v) is 17.0. The fraction of sp³-hybridized carbons (Fsp3) is 0.381. The second-order valence-corrected chi connectivity index (χ2v) is 7.51. The molecular formula is C21H25FN4O3. The quantitative estimate of drug-likeness (QED) is 0.442. The number of Topliss-reactive ketones (excluding diaryl/α,β-unsaturated/α-hetero) is 1. The van der Waals surface area contributed by atoms with Crippen LogP contribution in [0.3, 0.4) is 0 Å². The number of aliphatic hydroxyl groups is 1. The number of nitrogens with zero attached hydrogens (tertiary/aromatic N) is 3. The van der Waals surface area contributed by atoms with Crippen LogP contribution in [-0.2, 0) is 9.59 Å². The lowest BCUT2D eigenvalue weighted by Gasteiger charge is -2.26. The Kier molecular flexibility index (Phi) is 5.83. The van der Waals surface area contributed by atoms with Gasteiger partial charge in [0.05, 0.1) is 22.9 Å². The summed E-state index contributed by atoms with van der Waals surface area (Å²) in [6.45, 7) is 4.45. The molecule has 0 radical (unpaired) electrons. The molecular weight excluding hydrogens is 375 g/mol. The molecule has 0 bridgehead atoms. The lowest BCUT2D eigenvalue weighted by atomic mass is 9.94. The molecule has 154 valence electrons. The third-order valence-electron chi connectivity index (χ3n) is 5.07. The third-order valence-corrected chi connectivity index (χ3v) is 5.07. The number of rotatable bonds is 6. The summed E-state index contributed by atoms with van der Waals surface area (Å²) >= 11 is 0. The van der Waals surface area contributed by atoms with Crippen molar-refractivity contribution in [3.63, 3.8) is 0 Å². The summed E-state index contributed by atoms with van der Waals surface area (Å²) in [7, 11) is 3.84. The molecule has 1 aromatic carbocycles. The maximum atomic E-state index is 13.9. The van der Waals surface area contributed by atoms with Crippen LogP contribution in [-0.4, -0.2) is 64.0 Å². The van der Waals surface area contributed by atoms with Gasteiger partial charge in [-0.05, 0) is 58.6 Å². The molecule has 29 heavy (non-hydrogen) atoms. The highest BCUT2D eigenvalue weighted by atomic mass is 19.1. The van der Waals surface area contributed by atoms with Gasteiger partial charge in [0, 0.05) is 12.2 Å². The minimum absolute atomic E-state index is 0.0435. The predicted octanol–water partition coefficient (Wildman–Crippen LogP) is 2.54. The zero-order chi connectivity index (χ0) is 21.3. The molecule has 7 nitrogen and oxygen atoms in total. The van der Waals surface area contributed by atoms with Gasteiger partial charge >= 0.3 is 0 Å². The monoisotopic (exact) mass is 400 g/mol. The average molecular weight is 400 g/mol. The van der Waals surface area contributed by atoms with Crippen molar-refractivity contribution in [3.05, 3.63) is 58.2 Å². The first-order chi connectivity index (χ1) is 13.7. The Labute approximate surface area is 168 Å². The van der Waals surface area contributed by atoms with Crippen LogP contribution >= 0.6 is 0 Å². The van der Waals surface area contributed by atoms with Gasteiger partial charge in [-0.1, -0.05) is 12.1 Å². The van der Waals surface area contributed by atoms with Crippen molar-refractivity contribution in [2.24, 2.45) is 0 Å². The number of aromatic nitrogens is 2. The summed E-state index contributed by atoms with van der Waals surface area (Å²) in [6, 6.07) is 4.91. The third kappa shape index (κ3) is 3.93. The van der Waals surface area contributed by atoms with E-state index in [1.165, 1.54) is 23.1 Å².